The third-order valence-corrected chi connectivity index (χ3v) is 4.12. The molecule has 0 spiro atoms. The molecule has 0 heterocycles. The predicted octanol–water partition coefficient (Wildman–Crippen LogP) is 3.96. The number of carbonyl (C=O) groups is 2. The van der Waals surface area contributed by atoms with E-state index in [0.29, 0.717) is 12.1 Å². The molecule has 0 radical (unpaired) electrons. The molecule has 0 saturated heterocycles. The van der Waals surface area contributed by atoms with Gasteiger partial charge in [0, 0.05) is 10.4 Å². The summed E-state index contributed by atoms with van der Waals surface area (Å²) in [6.07, 6.45) is 0.572. The number of carbonyl (C=O) groups excluding carboxylic acids is 1. The van der Waals surface area contributed by atoms with Gasteiger partial charge in [0.15, 0.2) is 0 Å². The zero-order valence-corrected chi connectivity index (χ0v) is 13.6. The number of aromatic carboxylic acids is 1. The van der Waals surface area contributed by atoms with Gasteiger partial charge in [-0.1, -0.05) is 53.2 Å². The van der Waals surface area contributed by atoms with Crippen LogP contribution in [0, 0.1) is 5.92 Å². The van der Waals surface area contributed by atoms with Crippen molar-refractivity contribution in [2.45, 2.75) is 13.3 Å². The summed E-state index contributed by atoms with van der Waals surface area (Å²) < 4.78 is 0.959. The molecule has 1 atom stereocenters. The van der Waals surface area contributed by atoms with Crippen LogP contribution in [0.5, 0.6) is 0 Å². The highest BCUT2D eigenvalue weighted by Gasteiger charge is 2.17. The molecule has 0 aromatic heterocycles. The van der Waals surface area contributed by atoms with Gasteiger partial charge in [0.1, 0.15) is 0 Å². The van der Waals surface area contributed by atoms with Crippen LogP contribution in [0.4, 0.5) is 5.69 Å². The summed E-state index contributed by atoms with van der Waals surface area (Å²) in [5.74, 6) is -1.54. The summed E-state index contributed by atoms with van der Waals surface area (Å²) in [6.45, 7) is 1.82. The molecule has 114 valence electrons. The van der Waals surface area contributed by atoms with Gasteiger partial charge >= 0.3 is 5.97 Å². The first-order valence-electron chi connectivity index (χ1n) is 6.85. The fraction of sp³-hybridized carbons (Fsp3) is 0.176. The van der Waals surface area contributed by atoms with E-state index >= 15 is 0 Å². The van der Waals surface area contributed by atoms with Crippen LogP contribution in [0.2, 0.25) is 0 Å². The van der Waals surface area contributed by atoms with Crippen LogP contribution in [-0.2, 0) is 11.2 Å². The van der Waals surface area contributed by atoms with Crippen molar-refractivity contribution in [3.8, 4) is 0 Å². The van der Waals surface area contributed by atoms with Crippen LogP contribution in [0.25, 0.3) is 0 Å². The van der Waals surface area contributed by atoms with Crippen LogP contribution in [0.3, 0.4) is 0 Å². The Balaban J connectivity index is 2.09. The van der Waals surface area contributed by atoms with Crippen molar-refractivity contribution in [1.29, 1.82) is 0 Å². The molecule has 1 amide bonds. The minimum Gasteiger partial charge on any atom is -0.478 e. The van der Waals surface area contributed by atoms with Crippen molar-refractivity contribution in [3.05, 3.63) is 64.1 Å². The highest BCUT2D eigenvalue weighted by atomic mass is 79.9. The number of amides is 1. The van der Waals surface area contributed by atoms with E-state index in [0.717, 1.165) is 10.0 Å². The first-order chi connectivity index (χ1) is 10.5. The topological polar surface area (TPSA) is 66.4 Å². The SMILES string of the molecule is CC(Cc1ccccc1Br)C(=O)Nc1ccccc1C(=O)O. The Morgan fingerprint density at radius 2 is 1.77 bits per heavy atom. The summed E-state index contributed by atoms with van der Waals surface area (Å²) in [4.78, 5) is 23.4. The van der Waals surface area contributed by atoms with Gasteiger partial charge in [-0.05, 0) is 30.2 Å². The normalized spacial score (nSPS) is 11.7. The second-order valence-corrected chi connectivity index (χ2v) is 5.89. The number of carboxylic acid groups (broad SMARTS) is 1. The standard InChI is InChI=1S/C17H16BrNO3/c1-11(10-12-6-2-4-8-14(12)18)16(20)19-15-9-5-3-7-13(15)17(21)22/h2-9,11H,10H2,1H3,(H,19,20)(H,21,22). The van der Waals surface area contributed by atoms with Gasteiger partial charge in [0.05, 0.1) is 11.3 Å². The van der Waals surface area contributed by atoms with Gasteiger partial charge in [-0.2, -0.15) is 0 Å². The molecule has 2 aromatic rings. The Morgan fingerprint density at radius 1 is 1.14 bits per heavy atom. The summed E-state index contributed by atoms with van der Waals surface area (Å²) in [6, 6.07) is 14.1. The molecule has 4 nitrogen and oxygen atoms in total. The van der Waals surface area contributed by atoms with Crippen molar-refractivity contribution >= 4 is 33.5 Å². The maximum absolute atomic E-state index is 12.3. The quantitative estimate of drug-likeness (QED) is 0.846. The average Bonchev–Trinajstić information content (AvgIpc) is 2.49. The summed E-state index contributed by atoms with van der Waals surface area (Å²) in [5.41, 5.74) is 1.44. The van der Waals surface area contributed by atoms with Gasteiger partial charge in [-0.3, -0.25) is 4.79 Å². The van der Waals surface area contributed by atoms with Crippen LogP contribution < -0.4 is 5.32 Å². The molecule has 1 unspecified atom stereocenters. The molecule has 22 heavy (non-hydrogen) atoms. The van der Waals surface area contributed by atoms with E-state index in [2.05, 4.69) is 21.2 Å². The predicted molar refractivity (Wildman–Crippen MR) is 89.0 cm³/mol. The number of nitrogens with one attached hydrogen (secondary N) is 1. The third kappa shape index (κ3) is 3.95. The Morgan fingerprint density at radius 3 is 2.45 bits per heavy atom. The van der Waals surface area contributed by atoms with Gasteiger partial charge in [0.25, 0.3) is 0 Å². The molecule has 0 aliphatic rings. The summed E-state index contributed by atoms with van der Waals surface area (Å²) in [7, 11) is 0. The molecule has 0 saturated carbocycles. The molecular formula is C17H16BrNO3. The van der Waals surface area contributed by atoms with Gasteiger partial charge in [0.2, 0.25) is 5.91 Å². The van der Waals surface area contributed by atoms with Gasteiger partial charge in [-0.25, -0.2) is 4.79 Å². The number of carboxylic acids is 1. The van der Waals surface area contributed by atoms with E-state index in [9.17, 15) is 9.59 Å². The smallest absolute Gasteiger partial charge is 0.337 e. The highest BCUT2D eigenvalue weighted by molar-refractivity contribution is 9.10. The number of hydrogen-bond donors (Lipinski definition) is 2. The molecule has 2 N–H and O–H groups in total. The molecule has 0 fully saturated rings. The lowest BCUT2D eigenvalue weighted by atomic mass is 10.00. The van der Waals surface area contributed by atoms with Crippen molar-refractivity contribution in [1.82, 2.24) is 0 Å². The number of rotatable bonds is 5. The van der Waals surface area contributed by atoms with E-state index in [1.54, 1.807) is 18.2 Å². The molecule has 0 aliphatic carbocycles. The van der Waals surface area contributed by atoms with Crippen molar-refractivity contribution in [3.63, 3.8) is 0 Å². The minimum absolute atomic E-state index is 0.0870. The van der Waals surface area contributed by atoms with E-state index in [-0.39, 0.29) is 17.4 Å². The van der Waals surface area contributed by atoms with E-state index in [1.807, 2.05) is 31.2 Å². The summed E-state index contributed by atoms with van der Waals surface area (Å²) in [5, 5.41) is 11.8. The Hall–Kier alpha value is -2.14. The van der Waals surface area contributed by atoms with Gasteiger partial charge in [-0.15, -0.1) is 0 Å². The van der Waals surface area contributed by atoms with Crippen LogP contribution >= 0.6 is 15.9 Å². The second kappa shape index (κ2) is 7.22. The van der Waals surface area contributed by atoms with Crippen LogP contribution in [-0.4, -0.2) is 17.0 Å². The Kier molecular flexibility index (Phi) is 5.33. The number of benzene rings is 2. The zero-order chi connectivity index (χ0) is 16.1. The molecule has 5 heteroatoms. The largest absolute Gasteiger partial charge is 0.478 e. The lowest BCUT2D eigenvalue weighted by molar-refractivity contribution is -0.119. The van der Waals surface area contributed by atoms with Gasteiger partial charge < -0.3 is 10.4 Å². The van der Waals surface area contributed by atoms with Crippen LogP contribution in [0.1, 0.15) is 22.8 Å². The van der Waals surface area contributed by atoms with Crippen molar-refractivity contribution < 1.29 is 14.7 Å². The molecular weight excluding hydrogens is 346 g/mol. The lowest BCUT2D eigenvalue weighted by Gasteiger charge is -2.14. The average molecular weight is 362 g/mol. The summed E-state index contributed by atoms with van der Waals surface area (Å²) >= 11 is 3.46. The van der Waals surface area contributed by atoms with E-state index < -0.39 is 5.97 Å². The van der Waals surface area contributed by atoms with Crippen molar-refractivity contribution in [2.75, 3.05) is 5.32 Å². The van der Waals surface area contributed by atoms with E-state index in [4.69, 9.17) is 5.11 Å². The molecule has 2 rings (SSSR count). The number of hydrogen-bond acceptors (Lipinski definition) is 2. The first-order valence-corrected chi connectivity index (χ1v) is 7.65. The zero-order valence-electron chi connectivity index (χ0n) is 12.0. The highest BCUT2D eigenvalue weighted by Crippen LogP contribution is 2.21. The second-order valence-electron chi connectivity index (χ2n) is 5.04. The van der Waals surface area contributed by atoms with E-state index in [1.165, 1.54) is 6.07 Å². The molecule has 2 aromatic carbocycles. The number of para-hydroxylation sites is 1. The maximum Gasteiger partial charge on any atom is 0.337 e. The number of anilines is 1. The first kappa shape index (κ1) is 16.2. The third-order valence-electron chi connectivity index (χ3n) is 3.35. The van der Waals surface area contributed by atoms with Crippen LogP contribution in [0.15, 0.2) is 53.0 Å². The number of halogens is 1. The maximum atomic E-state index is 12.3. The lowest BCUT2D eigenvalue weighted by Crippen LogP contribution is -2.23. The fourth-order valence-electron chi connectivity index (χ4n) is 2.12. The minimum atomic E-state index is -1.06. The Bertz CT molecular complexity index is 700. The molecule has 0 aliphatic heterocycles. The molecule has 0 bridgehead atoms. The fourth-order valence-corrected chi connectivity index (χ4v) is 2.57. The van der Waals surface area contributed by atoms with Crippen molar-refractivity contribution in [2.24, 2.45) is 5.92 Å². The Labute approximate surface area is 137 Å². The monoisotopic (exact) mass is 361 g/mol.